The smallest absolute Gasteiger partial charge is 0.220 e. The van der Waals surface area contributed by atoms with E-state index in [1.807, 2.05) is 13.0 Å². The fraction of sp³-hybridized carbons (Fsp3) is 0.808. The Balaban J connectivity index is 3.65. The standard InChI is InChI=1S/C26H49NO3/c1-3-5-7-8-9-10-11-12-13-14-15-16-17-18-19-20-21-25(29)24(23-28)27-26(30)22-6-4-2/h16-17,20-21,24-25,28-29H,3-15,18-19,22-23H2,1-2H3,(H,27,30)/b17-16+,21-20+. The van der Waals surface area contributed by atoms with E-state index in [0.717, 1.165) is 32.1 Å². The molecule has 0 aliphatic carbocycles. The van der Waals surface area contributed by atoms with E-state index in [4.69, 9.17) is 0 Å². The summed E-state index contributed by atoms with van der Waals surface area (Å²) in [5, 5.41) is 22.2. The van der Waals surface area contributed by atoms with E-state index < -0.39 is 12.1 Å². The van der Waals surface area contributed by atoms with Crippen molar-refractivity contribution in [3.05, 3.63) is 24.3 Å². The zero-order valence-corrected chi connectivity index (χ0v) is 19.8. The summed E-state index contributed by atoms with van der Waals surface area (Å²) < 4.78 is 0. The number of amides is 1. The molecule has 0 aliphatic rings. The van der Waals surface area contributed by atoms with E-state index >= 15 is 0 Å². The molecule has 0 aromatic rings. The minimum Gasteiger partial charge on any atom is -0.394 e. The van der Waals surface area contributed by atoms with Gasteiger partial charge in [0.25, 0.3) is 0 Å². The van der Waals surface area contributed by atoms with Gasteiger partial charge in [-0.25, -0.2) is 0 Å². The van der Waals surface area contributed by atoms with Crippen molar-refractivity contribution in [3.63, 3.8) is 0 Å². The molecule has 0 spiro atoms. The van der Waals surface area contributed by atoms with Gasteiger partial charge in [0.05, 0.1) is 18.8 Å². The first kappa shape index (κ1) is 28.9. The molecule has 4 heteroatoms. The van der Waals surface area contributed by atoms with Gasteiger partial charge >= 0.3 is 0 Å². The maximum absolute atomic E-state index is 11.7. The van der Waals surface area contributed by atoms with Crippen LogP contribution in [0.1, 0.15) is 117 Å². The first-order valence-corrected chi connectivity index (χ1v) is 12.6. The Labute approximate surface area is 186 Å². The van der Waals surface area contributed by atoms with E-state index in [-0.39, 0.29) is 12.5 Å². The highest BCUT2D eigenvalue weighted by atomic mass is 16.3. The number of rotatable bonds is 21. The molecule has 0 fully saturated rings. The Morgan fingerprint density at radius 2 is 1.30 bits per heavy atom. The lowest BCUT2D eigenvalue weighted by Crippen LogP contribution is -2.45. The largest absolute Gasteiger partial charge is 0.394 e. The summed E-state index contributed by atoms with van der Waals surface area (Å²) in [6.07, 6.45) is 26.1. The van der Waals surface area contributed by atoms with Crippen molar-refractivity contribution in [2.24, 2.45) is 0 Å². The monoisotopic (exact) mass is 423 g/mol. The lowest BCUT2D eigenvalue weighted by atomic mass is 10.1. The molecular formula is C26H49NO3. The number of carbonyl (C=O) groups is 1. The summed E-state index contributed by atoms with van der Waals surface area (Å²) in [7, 11) is 0. The average molecular weight is 424 g/mol. The fourth-order valence-electron chi connectivity index (χ4n) is 3.40. The minimum absolute atomic E-state index is 0.113. The summed E-state index contributed by atoms with van der Waals surface area (Å²) in [5.74, 6) is -0.113. The van der Waals surface area contributed by atoms with Crippen LogP contribution in [-0.2, 0) is 4.79 Å². The molecule has 2 unspecified atom stereocenters. The Kier molecular flexibility index (Phi) is 21.7. The molecular weight excluding hydrogens is 374 g/mol. The zero-order valence-electron chi connectivity index (χ0n) is 19.8. The number of hydrogen-bond donors (Lipinski definition) is 3. The van der Waals surface area contributed by atoms with E-state index in [9.17, 15) is 15.0 Å². The fourth-order valence-corrected chi connectivity index (χ4v) is 3.40. The summed E-state index contributed by atoms with van der Waals surface area (Å²) >= 11 is 0. The molecule has 3 N–H and O–H groups in total. The molecule has 1 amide bonds. The third-order valence-electron chi connectivity index (χ3n) is 5.44. The molecule has 0 aliphatic heterocycles. The molecule has 0 radical (unpaired) electrons. The molecule has 176 valence electrons. The Bertz CT molecular complexity index is 434. The van der Waals surface area contributed by atoms with Crippen LogP contribution < -0.4 is 5.32 Å². The summed E-state index contributed by atoms with van der Waals surface area (Å²) in [5.41, 5.74) is 0. The van der Waals surface area contributed by atoms with E-state index in [1.165, 1.54) is 64.2 Å². The van der Waals surface area contributed by atoms with Crippen molar-refractivity contribution in [3.8, 4) is 0 Å². The summed E-state index contributed by atoms with van der Waals surface area (Å²) in [4.78, 5) is 11.7. The molecule has 0 aromatic heterocycles. The molecule has 0 aromatic carbocycles. The van der Waals surface area contributed by atoms with Gasteiger partial charge < -0.3 is 15.5 Å². The van der Waals surface area contributed by atoms with Crippen LogP contribution in [0.3, 0.4) is 0 Å². The van der Waals surface area contributed by atoms with Gasteiger partial charge in [0.15, 0.2) is 0 Å². The molecule has 0 heterocycles. The maximum atomic E-state index is 11.7. The van der Waals surface area contributed by atoms with Gasteiger partial charge in [0.1, 0.15) is 0 Å². The topological polar surface area (TPSA) is 69.6 Å². The predicted molar refractivity (Wildman–Crippen MR) is 129 cm³/mol. The number of nitrogens with one attached hydrogen (secondary N) is 1. The zero-order chi connectivity index (χ0) is 22.3. The number of aliphatic hydroxyl groups excluding tert-OH is 2. The van der Waals surface area contributed by atoms with E-state index in [2.05, 4.69) is 24.4 Å². The lowest BCUT2D eigenvalue weighted by molar-refractivity contribution is -0.122. The number of allylic oxidation sites excluding steroid dienone is 3. The first-order valence-electron chi connectivity index (χ1n) is 12.6. The van der Waals surface area contributed by atoms with Gasteiger partial charge in [-0.2, -0.15) is 0 Å². The third-order valence-corrected chi connectivity index (χ3v) is 5.44. The molecule has 30 heavy (non-hydrogen) atoms. The minimum atomic E-state index is -0.851. The van der Waals surface area contributed by atoms with Crippen molar-refractivity contribution < 1.29 is 15.0 Å². The molecule has 0 saturated carbocycles. The third kappa shape index (κ3) is 18.9. The highest BCUT2D eigenvalue weighted by Crippen LogP contribution is 2.11. The van der Waals surface area contributed by atoms with Crippen molar-refractivity contribution in [2.45, 2.75) is 129 Å². The van der Waals surface area contributed by atoms with Crippen LogP contribution in [0.25, 0.3) is 0 Å². The Hall–Kier alpha value is -1.13. The number of aliphatic hydroxyl groups is 2. The van der Waals surface area contributed by atoms with Crippen LogP contribution in [0.15, 0.2) is 24.3 Å². The van der Waals surface area contributed by atoms with Crippen LogP contribution >= 0.6 is 0 Å². The van der Waals surface area contributed by atoms with Gasteiger partial charge in [-0.1, -0.05) is 102 Å². The number of unbranched alkanes of at least 4 members (excludes halogenated alkanes) is 12. The molecule has 0 bridgehead atoms. The van der Waals surface area contributed by atoms with Crippen molar-refractivity contribution in [2.75, 3.05) is 6.61 Å². The van der Waals surface area contributed by atoms with Crippen molar-refractivity contribution in [1.29, 1.82) is 0 Å². The Morgan fingerprint density at radius 1 is 0.767 bits per heavy atom. The highest BCUT2D eigenvalue weighted by molar-refractivity contribution is 5.76. The second kappa shape index (κ2) is 22.6. The van der Waals surface area contributed by atoms with Gasteiger partial charge in [-0.3, -0.25) is 4.79 Å². The van der Waals surface area contributed by atoms with Crippen LogP contribution in [-0.4, -0.2) is 34.9 Å². The van der Waals surface area contributed by atoms with Gasteiger partial charge in [-0.15, -0.1) is 0 Å². The number of carbonyl (C=O) groups excluding carboxylic acids is 1. The predicted octanol–water partition coefficient (Wildman–Crippen LogP) is 6.22. The lowest BCUT2D eigenvalue weighted by Gasteiger charge is -2.19. The van der Waals surface area contributed by atoms with Crippen LogP contribution in [0.5, 0.6) is 0 Å². The summed E-state index contributed by atoms with van der Waals surface area (Å²) in [6, 6.07) is -0.627. The van der Waals surface area contributed by atoms with Gasteiger partial charge in [0, 0.05) is 6.42 Å². The molecule has 0 rings (SSSR count). The van der Waals surface area contributed by atoms with E-state index in [0.29, 0.717) is 6.42 Å². The molecule has 2 atom stereocenters. The quantitative estimate of drug-likeness (QED) is 0.152. The second-order valence-corrected chi connectivity index (χ2v) is 8.40. The highest BCUT2D eigenvalue weighted by Gasteiger charge is 2.17. The van der Waals surface area contributed by atoms with Gasteiger partial charge in [0.2, 0.25) is 5.91 Å². The second-order valence-electron chi connectivity index (χ2n) is 8.40. The van der Waals surface area contributed by atoms with Crippen LogP contribution in [0, 0.1) is 0 Å². The average Bonchev–Trinajstić information content (AvgIpc) is 2.75. The normalized spacial score (nSPS) is 13.9. The SMILES string of the molecule is CCCCCCCCCCCC/C=C/CC/C=C/C(O)C(CO)NC(=O)CCCC. The maximum Gasteiger partial charge on any atom is 0.220 e. The number of hydrogen-bond acceptors (Lipinski definition) is 3. The Morgan fingerprint density at radius 3 is 1.90 bits per heavy atom. The van der Waals surface area contributed by atoms with Crippen molar-refractivity contribution >= 4 is 5.91 Å². The summed E-state index contributed by atoms with van der Waals surface area (Å²) in [6.45, 7) is 4.03. The first-order chi connectivity index (χ1) is 14.7. The molecule has 0 saturated heterocycles. The van der Waals surface area contributed by atoms with Crippen LogP contribution in [0.4, 0.5) is 0 Å². The van der Waals surface area contributed by atoms with Gasteiger partial charge in [-0.05, 0) is 32.1 Å². The van der Waals surface area contributed by atoms with E-state index in [1.54, 1.807) is 6.08 Å². The molecule has 4 nitrogen and oxygen atoms in total. The van der Waals surface area contributed by atoms with Crippen molar-refractivity contribution in [1.82, 2.24) is 5.32 Å². The van der Waals surface area contributed by atoms with Crippen LogP contribution in [0.2, 0.25) is 0 Å².